The first kappa shape index (κ1) is 19.4. The lowest BCUT2D eigenvalue weighted by Gasteiger charge is -2.20. The SMILES string of the molecule is COc1ccc2c(c1C#CCC1CCNCC1)OC(=Cc1n[nH]c3ccccc13)C2=O. The summed E-state index contributed by atoms with van der Waals surface area (Å²) in [6, 6.07) is 11.3. The van der Waals surface area contributed by atoms with Crippen molar-refractivity contribution in [1.82, 2.24) is 15.5 Å². The summed E-state index contributed by atoms with van der Waals surface area (Å²) in [5.74, 6) is 8.24. The van der Waals surface area contributed by atoms with Crippen molar-refractivity contribution in [3.8, 4) is 23.3 Å². The second-order valence-corrected chi connectivity index (χ2v) is 7.81. The molecule has 0 saturated carbocycles. The predicted molar refractivity (Wildman–Crippen MR) is 119 cm³/mol. The van der Waals surface area contributed by atoms with Gasteiger partial charge in [-0.15, -0.1) is 0 Å². The van der Waals surface area contributed by atoms with Gasteiger partial charge in [0.15, 0.2) is 11.5 Å². The lowest BCUT2D eigenvalue weighted by atomic mass is 9.95. The lowest BCUT2D eigenvalue weighted by molar-refractivity contribution is 0.101. The molecule has 2 aliphatic heterocycles. The number of fused-ring (bicyclic) bond motifs is 2. The third-order valence-corrected chi connectivity index (χ3v) is 5.85. The molecule has 3 aromatic rings. The molecule has 31 heavy (non-hydrogen) atoms. The summed E-state index contributed by atoms with van der Waals surface area (Å²) in [6.45, 7) is 2.09. The number of ketones is 1. The highest BCUT2D eigenvalue weighted by molar-refractivity contribution is 6.15. The van der Waals surface area contributed by atoms with Gasteiger partial charge in [0.1, 0.15) is 11.3 Å². The van der Waals surface area contributed by atoms with E-state index in [-0.39, 0.29) is 11.5 Å². The highest BCUT2D eigenvalue weighted by Gasteiger charge is 2.31. The van der Waals surface area contributed by atoms with E-state index < -0.39 is 0 Å². The summed E-state index contributed by atoms with van der Waals surface area (Å²) in [6.07, 6.45) is 4.78. The minimum absolute atomic E-state index is 0.175. The summed E-state index contributed by atoms with van der Waals surface area (Å²) < 4.78 is 11.5. The summed E-state index contributed by atoms with van der Waals surface area (Å²) in [7, 11) is 1.60. The van der Waals surface area contributed by atoms with Crippen LogP contribution in [0.3, 0.4) is 0 Å². The third kappa shape index (κ3) is 3.69. The van der Waals surface area contributed by atoms with E-state index in [0.29, 0.717) is 34.2 Å². The Kier molecular flexibility index (Phi) is 5.19. The minimum atomic E-state index is -0.175. The van der Waals surface area contributed by atoms with Gasteiger partial charge in [-0.3, -0.25) is 9.89 Å². The molecule has 6 nitrogen and oxygen atoms in total. The van der Waals surface area contributed by atoms with Crippen molar-refractivity contribution in [3.63, 3.8) is 0 Å². The number of hydrogen-bond donors (Lipinski definition) is 2. The second kappa shape index (κ2) is 8.29. The van der Waals surface area contributed by atoms with E-state index in [2.05, 4.69) is 27.4 Å². The first-order chi connectivity index (χ1) is 15.2. The van der Waals surface area contributed by atoms with Gasteiger partial charge >= 0.3 is 0 Å². The average molecular weight is 413 g/mol. The van der Waals surface area contributed by atoms with Gasteiger partial charge in [0.25, 0.3) is 0 Å². The number of carbonyl (C=O) groups is 1. The van der Waals surface area contributed by atoms with Crippen molar-refractivity contribution in [1.29, 1.82) is 0 Å². The largest absolute Gasteiger partial charge is 0.495 e. The topological polar surface area (TPSA) is 76.2 Å². The fraction of sp³-hybridized carbons (Fsp3) is 0.280. The van der Waals surface area contributed by atoms with Crippen LogP contribution in [0.2, 0.25) is 0 Å². The first-order valence-electron chi connectivity index (χ1n) is 10.5. The van der Waals surface area contributed by atoms with Gasteiger partial charge in [-0.05, 0) is 50.0 Å². The highest BCUT2D eigenvalue weighted by Crippen LogP contribution is 2.39. The fourth-order valence-electron chi connectivity index (χ4n) is 4.11. The molecule has 0 amide bonds. The summed E-state index contributed by atoms with van der Waals surface area (Å²) >= 11 is 0. The van der Waals surface area contributed by atoms with Crippen LogP contribution in [0.15, 0.2) is 42.2 Å². The summed E-state index contributed by atoms with van der Waals surface area (Å²) in [4.78, 5) is 13.0. The van der Waals surface area contributed by atoms with E-state index >= 15 is 0 Å². The molecule has 156 valence electrons. The molecular formula is C25H23N3O3. The van der Waals surface area contributed by atoms with E-state index in [1.807, 2.05) is 24.3 Å². The summed E-state index contributed by atoms with van der Waals surface area (Å²) in [5.41, 5.74) is 2.69. The Morgan fingerprint density at radius 1 is 1.23 bits per heavy atom. The van der Waals surface area contributed by atoms with E-state index in [1.54, 1.807) is 25.3 Å². The molecule has 0 aliphatic carbocycles. The van der Waals surface area contributed by atoms with Gasteiger partial charge in [-0.25, -0.2) is 0 Å². The van der Waals surface area contributed by atoms with Gasteiger partial charge in [0.05, 0.1) is 23.9 Å². The first-order valence-corrected chi connectivity index (χ1v) is 10.5. The molecule has 1 fully saturated rings. The molecule has 1 saturated heterocycles. The maximum Gasteiger partial charge on any atom is 0.232 e. The van der Waals surface area contributed by atoms with E-state index in [0.717, 1.165) is 43.3 Å². The van der Waals surface area contributed by atoms with Gasteiger partial charge in [-0.1, -0.05) is 30.0 Å². The van der Waals surface area contributed by atoms with E-state index in [1.165, 1.54) is 0 Å². The molecule has 2 aromatic carbocycles. The number of hydrogen-bond acceptors (Lipinski definition) is 5. The van der Waals surface area contributed by atoms with Gasteiger partial charge in [-0.2, -0.15) is 5.10 Å². The number of benzene rings is 2. The standard InChI is InChI=1S/C25H23N3O3/c1-30-22-10-9-19-24(29)23(15-21-17-6-2-3-8-20(17)27-28-21)31-25(19)18(22)7-4-5-16-11-13-26-14-12-16/h2-3,6,8-10,15-16,26H,5,11-14H2,1H3,(H,27,28). The summed E-state index contributed by atoms with van der Waals surface area (Å²) in [5, 5.41) is 11.6. The highest BCUT2D eigenvalue weighted by atomic mass is 16.5. The van der Waals surface area contributed by atoms with Gasteiger partial charge < -0.3 is 14.8 Å². The smallest absolute Gasteiger partial charge is 0.232 e. The van der Waals surface area contributed by atoms with Gasteiger partial charge in [0, 0.05) is 17.9 Å². The number of aromatic amines is 1. The van der Waals surface area contributed by atoms with Crippen LogP contribution in [-0.4, -0.2) is 36.2 Å². The van der Waals surface area contributed by atoms with Crippen molar-refractivity contribution in [3.05, 3.63) is 59.0 Å². The minimum Gasteiger partial charge on any atom is -0.495 e. The fourth-order valence-corrected chi connectivity index (χ4v) is 4.11. The number of para-hydroxylation sites is 1. The monoisotopic (exact) mass is 413 g/mol. The number of methoxy groups -OCH3 is 1. The number of ether oxygens (including phenoxy) is 2. The van der Waals surface area contributed by atoms with Crippen molar-refractivity contribution >= 4 is 22.8 Å². The Balaban J connectivity index is 1.47. The van der Waals surface area contributed by atoms with Crippen LogP contribution >= 0.6 is 0 Å². The molecule has 0 radical (unpaired) electrons. The maximum absolute atomic E-state index is 13.0. The molecule has 0 unspecified atom stereocenters. The van der Waals surface area contributed by atoms with Crippen LogP contribution < -0.4 is 14.8 Å². The number of H-pyrrole nitrogens is 1. The van der Waals surface area contributed by atoms with Crippen LogP contribution in [0, 0.1) is 17.8 Å². The molecule has 0 atom stereocenters. The number of Topliss-reactive ketones (excluding diaryl/α,β-unsaturated/α-hetero) is 1. The van der Waals surface area contributed by atoms with Crippen LogP contribution in [0.5, 0.6) is 11.5 Å². The number of carbonyl (C=O) groups excluding carboxylic acids is 1. The van der Waals surface area contributed by atoms with Crippen molar-refractivity contribution in [2.24, 2.45) is 5.92 Å². The molecule has 2 aliphatic rings. The van der Waals surface area contributed by atoms with Crippen molar-refractivity contribution in [2.75, 3.05) is 20.2 Å². The van der Waals surface area contributed by atoms with Gasteiger partial charge in [0.2, 0.25) is 5.78 Å². The molecule has 0 bridgehead atoms. The Morgan fingerprint density at radius 3 is 2.90 bits per heavy atom. The van der Waals surface area contributed by atoms with Crippen molar-refractivity contribution < 1.29 is 14.3 Å². The van der Waals surface area contributed by atoms with Crippen LogP contribution in [0.1, 0.15) is 40.9 Å². The predicted octanol–water partition coefficient (Wildman–Crippen LogP) is 3.93. The Hall–Kier alpha value is -3.56. The third-order valence-electron chi connectivity index (χ3n) is 5.85. The number of piperidine rings is 1. The average Bonchev–Trinajstić information content (AvgIpc) is 3.36. The Morgan fingerprint density at radius 2 is 2.06 bits per heavy atom. The molecule has 3 heterocycles. The zero-order valence-corrected chi connectivity index (χ0v) is 17.3. The van der Waals surface area contributed by atoms with E-state index in [4.69, 9.17) is 9.47 Å². The van der Waals surface area contributed by atoms with Crippen LogP contribution in [0.4, 0.5) is 0 Å². The Bertz CT molecular complexity index is 1240. The Labute approximate surface area is 180 Å². The molecule has 2 N–H and O–H groups in total. The number of rotatable bonds is 3. The quantitative estimate of drug-likeness (QED) is 0.503. The molecule has 5 rings (SSSR count). The molecule has 6 heteroatoms. The number of nitrogens with one attached hydrogen (secondary N) is 2. The lowest BCUT2D eigenvalue weighted by Crippen LogP contribution is -2.27. The van der Waals surface area contributed by atoms with E-state index in [9.17, 15) is 4.79 Å². The molecule has 1 aromatic heterocycles. The molecular weight excluding hydrogens is 390 g/mol. The second-order valence-electron chi connectivity index (χ2n) is 7.81. The molecule has 0 spiro atoms. The zero-order chi connectivity index (χ0) is 21.2. The van der Waals surface area contributed by atoms with Crippen molar-refractivity contribution in [2.45, 2.75) is 19.3 Å². The maximum atomic E-state index is 13.0. The normalized spacial score (nSPS) is 17.3. The zero-order valence-electron chi connectivity index (χ0n) is 17.3. The number of nitrogens with zero attached hydrogens (tertiary/aromatic N) is 1. The number of aromatic nitrogens is 2. The van der Waals surface area contributed by atoms with Crippen LogP contribution in [0.25, 0.3) is 17.0 Å². The van der Waals surface area contributed by atoms with Crippen LogP contribution in [-0.2, 0) is 0 Å². The number of allylic oxidation sites excluding steroid dienone is 1.